The van der Waals surface area contributed by atoms with Crippen molar-refractivity contribution >= 4 is 98.4 Å². The first-order valence-electron chi connectivity index (χ1n) is 34.5. The molecule has 0 aromatic rings. The molecular formula is C75H125I6O6-. The zero-order chi connectivity index (χ0) is 63.5. The Morgan fingerprint density at radius 1 is 0.517 bits per heavy atom. The molecule has 12 heteroatoms. The van der Waals surface area contributed by atoms with Gasteiger partial charge < -0.3 is 29.5 Å². The van der Waals surface area contributed by atoms with Crippen LogP contribution in [0.3, 0.4) is 0 Å². The van der Waals surface area contributed by atoms with Crippen molar-refractivity contribution in [2.45, 2.75) is 249 Å². The van der Waals surface area contributed by atoms with Crippen LogP contribution in [0.5, 0.6) is 0 Å². The maximum atomic E-state index is 9.77. The van der Waals surface area contributed by atoms with E-state index < -0.39 is 0 Å². The molecule has 3 N–H and O–H groups in total. The predicted octanol–water partition coefficient (Wildman–Crippen LogP) is 19.6. The first-order valence-corrected chi connectivity index (χ1v) is 53.4. The number of halogens is 6. The third-order valence-electron chi connectivity index (χ3n) is 25.8. The number of aliphatic hydroxyl groups excluding tert-OH is 3. The summed E-state index contributed by atoms with van der Waals surface area (Å²) in [5, 5.41) is 29.3. The van der Waals surface area contributed by atoms with Crippen molar-refractivity contribution in [1.29, 1.82) is 0 Å². The molecular weight excluding hydrogens is 1760 g/mol. The van der Waals surface area contributed by atoms with Crippen molar-refractivity contribution in [3.05, 3.63) is 82.0 Å². The number of allylic oxidation sites excluding steroid dienone is 9. The zero-order valence-electron chi connectivity index (χ0n) is 56.9. The standard InChI is InChI=1S/2C25H42O2.C25H40O2.I3.I2.HI/c3*1-6-17(2)22-11-12-23-20(8-7-13-25(22,23)4)10-9-19-14-21(16-26)18(3)24(15-19)27-5;1-3-2;1-2;/h2*9-10,17-18,21-24,26H,6-8,11-16H2,1-5H3;9-10,17,21-24,26H,3,6-8,11-16H2,1-2,4-5H3;;;1H/q;;;-1;;/b3*19-9-,20-10+;;;/t17-,18+,21-,22?,23-,24+,25+;17-,18-,21-,22?,23-,24+,25+;17-,21-,22?,23-,24+,25+;;;/m000.../s1. The van der Waals surface area contributed by atoms with Crippen molar-refractivity contribution in [2.24, 2.45) is 99.1 Å². The second-order valence-corrected chi connectivity index (χ2v) is 46.0. The summed E-state index contributed by atoms with van der Waals surface area (Å²) in [4.78, 5) is 0. The number of aliphatic hydroxyl groups is 3. The number of fused-ring (bicyclic) bond motifs is 3. The summed E-state index contributed by atoms with van der Waals surface area (Å²) in [6.07, 6.45) is 45.5. The van der Waals surface area contributed by atoms with E-state index in [-0.39, 0.29) is 68.0 Å². The fourth-order valence-corrected chi connectivity index (χ4v) is 19.9. The van der Waals surface area contributed by atoms with Gasteiger partial charge in [-0.2, -0.15) is 0 Å². The molecule has 0 bridgehead atoms. The van der Waals surface area contributed by atoms with Crippen LogP contribution in [0.2, 0.25) is 0 Å². The summed E-state index contributed by atoms with van der Waals surface area (Å²) < 4.78 is 17.1. The van der Waals surface area contributed by atoms with E-state index in [1.165, 1.54) is 132 Å². The number of ether oxygens (including phenoxy) is 3. The van der Waals surface area contributed by atoms with Crippen LogP contribution in [0.1, 0.15) is 230 Å². The number of methoxy groups -OCH3 is 3. The van der Waals surface area contributed by atoms with Gasteiger partial charge in [-0.3, -0.25) is 0 Å². The molecule has 0 radical (unpaired) electrons. The summed E-state index contributed by atoms with van der Waals surface area (Å²) in [6.45, 7) is 31.6. The van der Waals surface area contributed by atoms with E-state index in [9.17, 15) is 15.3 Å². The Hall–Kier alpha value is 2.32. The molecule has 504 valence electrons. The van der Waals surface area contributed by atoms with Gasteiger partial charge in [0.15, 0.2) is 0 Å². The molecule has 0 aromatic heterocycles. The van der Waals surface area contributed by atoms with Crippen LogP contribution in [0.4, 0.5) is 0 Å². The summed E-state index contributed by atoms with van der Waals surface area (Å²) >= 11 is 9.54. The summed E-state index contributed by atoms with van der Waals surface area (Å²) in [7, 11) is 5.39. The second kappa shape index (κ2) is 40.3. The Labute approximate surface area is 604 Å². The van der Waals surface area contributed by atoms with Gasteiger partial charge in [-0.15, -0.1) is 24.0 Å². The molecule has 9 aliphatic rings. The minimum absolute atomic E-state index is 0. The van der Waals surface area contributed by atoms with Gasteiger partial charge in [0.2, 0.25) is 0 Å². The third-order valence-corrected chi connectivity index (χ3v) is 25.8. The van der Waals surface area contributed by atoms with Crippen molar-refractivity contribution in [2.75, 3.05) is 41.2 Å². The van der Waals surface area contributed by atoms with E-state index in [2.05, 4.69) is 194 Å². The Kier molecular flexibility index (Phi) is 37.8. The van der Waals surface area contributed by atoms with Crippen LogP contribution in [0, 0.1) is 99.1 Å². The second-order valence-electron chi connectivity index (χ2n) is 29.8. The first-order chi connectivity index (χ1) is 41.2. The quantitative estimate of drug-likeness (QED) is 0.112. The molecule has 0 saturated heterocycles. The Morgan fingerprint density at radius 2 is 0.839 bits per heavy atom. The molecule has 9 aliphatic carbocycles. The third kappa shape index (κ3) is 20.5. The van der Waals surface area contributed by atoms with E-state index in [1.54, 1.807) is 23.8 Å². The fraction of sp³-hybridized carbons (Fsp3) is 0.813. The summed E-state index contributed by atoms with van der Waals surface area (Å²) in [5.41, 5.74) is 12.0. The Bertz CT molecular complexity index is 2110. The monoisotopic (exact) mass is 1880 g/mol. The van der Waals surface area contributed by atoms with Crippen molar-refractivity contribution < 1.29 is 42.8 Å². The maximum absolute atomic E-state index is 9.77. The van der Waals surface area contributed by atoms with Gasteiger partial charge in [0.05, 0.1) is 18.3 Å². The van der Waals surface area contributed by atoms with Gasteiger partial charge >= 0.3 is 50.5 Å². The van der Waals surface area contributed by atoms with Crippen LogP contribution < -0.4 is 13.3 Å². The van der Waals surface area contributed by atoms with Crippen molar-refractivity contribution in [3.8, 4) is 0 Å². The number of rotatable bonds is 15. The number of hydrogen-bond acceptors (Lipinski definition) is 6. The Balaban J connectivity index is 0.000000267. The van der Waals surface area contributed by atoms with Gasteiger partial charge in [0.25, 0.3) is 0 Å². The number of hydrogen-bond donors (Lipinski definition) is 3. The molecule has 87 heavy (non-hydrogen) atoms. The SMILES string of the molecule is C=C1[C@H](CO)C/C(=C/C=C2\CCC[C@]3(C)C([C@@H](C)CC)CC[C@@H]23)C[C@H]1OC.CC[C@H](C)C1CC[C@H]2/C(=C/C=C3/C[C@@H](CO)[C@@H](C)[C@H](OC)C3)CCC[C@]12C.CC[C@H](C)C1CC[C@H]2/C(=C/C=C3/C[C@@H](CO)[C@H](C)[C@H](OC)C3)CCC[C@]12C.I.II.I[I-]I. The van der Waals surface area contributed by atoms with E-state index in [0.717, 1.165) is 97.4 Å². The summed E-state index contributed by atoms with van der Waals surface area (Å²) in [6, 6.07) is 0. The summed E-state index contributed by atoms with van der Waals surface area (Å²) in [5.74, 6) is 9.28. The molecule has 9 saturated carbocycles. The molecule has 9 rings (SSSR count). The minimum atomic E-state index is 0. The predicted molar refractivity (Wildman–Crippen MR) is 412 cm³/mol. The average molecular weight is 1880 g/mol. The van der Waals surface area contributed by atoms with Crippen LogP contribution in [0.15, 0.2) is 82.0 Å². The molecule has 0 heterocycles. The van der Waals surface area contributed by atoms with E-state index in [4.69, 9.17) is 14.2 Å². The Morgan fingerprint density at radius 3 is 1.11 bits per heavy atom. The van der Waals surface area contributed by atoms with Crippen LogP contribution in [0.25, 0.3) is 0 Å². The average Bonchev–Trinajstić information content (AvgIpc) is 1.94. The van der Waals surface area contributed by atoms with Gasteiger partial charge in [0.1, 0.15) is 0 Å². The molecule has 6 nitrogen and oxygen atoms in total. The van der Waals surface area contributed by atoms with Crippen molar-refractivity contribution in [1.82, 2.24) is 0 Å². The first kappa shape index (κ1) is 81.7. The molecule has 0 aromatic carbocycles. The van der Waals surface area contributed by atoms with Gasteiger partial charge in [-0.1, -0.05) is 172 Å². The van der Waals surface area contributed by atoms with Crippen LogP contribution in [-0.2, 0) is 14.2 Å². The van der Waals surface area contributed by atoms with Crippen LogP contribution in [-0.4, -0.2) is 74.8 Å². The molecule has 9 fully saturated rings. The van der Waals surface area contributed by atoms with Gasteiger partial charge in [-0.25, -0.2) is 0 Å². The van der Waals surface area contributed by atoms with E-state index in [0.29, 0.717) is 53.2 Å². The van der Waals surface area contributed by atoms with E-state index in [1.807, 2.05) is 14.2 Å². The normalized spacial score (nSPS) is 40.3. The van der Waals surface area contributed by atoms with Crippen LogP contribution >= 0.6 is 98.4 Å². The molecule has 0 amide bonds. The molecule has 0 aliphatic heterocycles. The zero-order valence-corrected chi connectivity index (χ0v) is 70.1. The molecule has 0 spiro atoms. The fourth-order valence-electron chi connectivity index (χ4n) is 19.9. The van der Waals surface area contributed by atoms with E-state index >= 15 is 0 Å². The van der Waals surface area contributed by atoms with Gasteiger partial charge in [0, 0.05) is 84.3 Å². The molecule has 20 atom stereocenters. The van der Waals surface area contributed by atoms with Crippen molar-refractivity contribution in [3.63, 3.8) is 0 Å². The topological polar surface area (TPSA) is 88.4 Å². The molecule has 3 unspecified atom stereocenters. The van der Waals surface area contributed by atoms with Gasteiger partial charge in [-0.05, 0) is 234 Å².